The molecule has 8 heteroatoms. The van der Waals surface area contributed by atoms with Crippen molar-refractivity contribution < 1.29 is 9.18 Å². The number of hydrogen-bond donors (Lipinski definition) is 2. The highest BCUT2D eigenvalue weighted by Gasteiger charge is 2.14. The maximum Gasteiger partial charge on any atom is 0.266 e. The van der Waals surface area contributed by atoms with Crippen molar-refractivity contribution in [3.63, 3.8) is 0 Å². The Morgan fingerprint density at radius 2 is 1.77 bits per heavy atom. The number of carbonyl (C=O) groups is 1. The van der Waals surface area contributed by atoms with Crippen LogP contribution in [0.25, 0.3) is 16.6 Å². The first kappa shape index (κ1) is 24.5. The number of benzene rings is 3. The van der Waals surface area contributed by atoms with Crippen LogP contribution in [0.2, 0.25) is 0 Å². The molecule has 0 saturated carbocycles. The predicted octanol–water partition coefficient (Wildman–Crippen LogP) is 4.96. The van der Waals surface area contributed by atoms with E-state index in [0.717, 1.165) is 22.2 Å². The number of hydrogen-bond acceptors (Lipinski definition) is 4. The van der Waals surface area contributed by atoms with Gasteiger partial charge in [0.25, 0.3) is 11.5 Å². The summed E-state index contributed by atoms with van der Waals surface area (Å²) in [6, 6.07) is 19.1. The average Bonchev–Trinajstić information content (AvgIpc) is 2.84. The Kier molecular flexibility index (Phi) is 7.23. The summed E-state index contributed by atoms with van der Waals surface area (Å²) in [5.41, 5.74) is 2.62. The number of carbonyl (C=O) groups excluding carboxylic acids is 1. The lowest BCUT2D eigenvalue weighted by molar-refractivity contribution is 0.0951. The molecule has 0 aliphatic heterocycles. The van der Waals surface area contributed by atoms with Gasteiger partial charge in [-0.2, -0.15) is 0 Å². The quantitative estimate of drug-likeness (QED) is 0.360. The van der Waals surface area contributed by atoms with Gasteiger partial charge >= 0.3 is 0 Å². The van der Waals surface area contributed by atoms with Gasteiger partial charge in [-0.3, -0.25) is 14.5 Å². The number of aromatic amines is 1. The third kappa shape index (κ3) is 5.23. The van der Waals surface area contributed by atoms with Crippen molar-refractivity contribution in [1.29, 1.82) is 0 Å². The molecule has 0 aliphatic rings. The van der Waals surface area contributed by atoms with Crippen molar-refractivity contribution in [2.75, 3.05) is 7.05 Å². The summed E-state index contributed by atoms with van der Waals surface area (Å²) in [4.78, 5) is 31.2. The molecule has 180 valence electrons. The van der Waals surface area contributed by atoms with E-state index in [4.69, 9.17) is 12.2 Å². The summed E-state index contributed by atoms with van der Waals surface area (Å²) >= 11 is 5.34. The first-order valence-corrected chi connectivity index (χ1v) is 11.8. The Morgan fingerprint density at radius 1 is 1.09 bits per heavy atom. The minimum Gasteiger partial charge on any atom is -0.348 e. The molecule has 6 nitrogen and oxygen atoms in total. The molecule has 3 aromatic carbocycles. The molecular formula is C27H27FN4O2S. The maximum atomic E-state index is 14.3. The van der Waals surface area contributed by atoms with Crippen LogP contribution in [-0.2, 0) is 13.1 Å². The molecule has 4 rings (SSSR count). The highest BCUT2D eigenvalue weighted by molar-refractivity contribution is 7.71. The van der Waals surface area contributed by atoms with Gasteiger partial charge in [-0.05, 0) is 74.6 Å². The molecule has 2 N–H and O–H groups in total. The van der Waals surface area contributed by atoms with Crippen LogP contribution in [0.4, 0.5) is 4.39 Å². The van der Waals surface area contributed by atoms with Gasteiger partial charge < -0.3 is 10.3 Å². The number of nitrogens with zero attached hydrogens (tertiary/aromatic N) is 2. The Morgan fingerprint density at radius 3 is 2.49 bits per heavy atom. The molecule has 0 aliphatic carbocycles. The molecule has 0 atom stereocenters. The molecular weight excluding hydrogens is 463 g/mol. The lowest BCUT2D eigenvalue weighted by Crippen LogP contribution is -2.28. The molecule has 0 spiro atoms. The van der Waals surface area contributed by atoms with Crippen molar-refractivity contribution in [2.24, 2.45) is 0 Å². The first-order chi connectivity index (χ1) is 16.8. The van der Waals surface area contributed by atoms with Gasteiger partial charge in [0, 0.05) is 24.7 Å². The summed E-state index contributed by atoms with van der Waals surface area (Å²) in [7, 11) is 2.07. The minimum atomic E-state index is -0.552. The highest BCUT2D eigenvalue weighted by atomic mass is 32.1. The molecule has 0 radical (unpaired) electrons. The van der Waals surface area contributed by atoms with E-state index in [1.165, 1.54) is 12.1 Å². The second-order valence-electron chi connectivity index (χ2n) is 8.74. The van der Waals surface area contributed by atoms with Gasteiger partial charge in [-0.25, -0.2) is 8.96 Å². The van der Waals surface area contributed by atoms with Crippen LogP contribution >= 0.6 is 12.2 Å². The van der Waals surface area contributed by atoms with Crippen molar-refractivity contribution in [3.8, 4) is 5.69 Å². The zero-order chi connectivity index (χ0) is 25.1. The number of halogens is 1. The Balaban J connectivity index is 1.59. The van der Waals surface area contributed by atoms with E-state index in [-0.39, 0.29) is 16.4 Å². The monoisotopic (exact) mass is 490 g/mol. The molecule has 0 fully saturated rings. The van der Waals surface area contributed by atoms with Gasteiger partial charge in [-0.1, -0.05) is 36.4 Å². The molecule has 1 heterocycles. The number of H-pyrrole nitrogens is 1. The van der Waals surface area contributed by atoms with E-state index < -0.39 is 11.4 Å². The van der Waals surface area contributed by atoms with Crippen molar-refractivity contribution in [1.82, 2.24) is 19.8 Å². The number of fused-ring (bicyclic) bond motifs is 1. The van der Waals surface area contributed by atoms with Gasteiger partial charge in [0.05, 0.1) is 16.6 Å². The van der Waals surface area contributed by atoms with Gasteiger partial charge in [0.15, 0.2) is 4.77 Å². The zero-order valence-electron chi connectivity index (χ0n) is 19.8. The van der Waals surface area contributed by atoms with E-state index in [9.17, 15) is 14.0 Å². The van der Waals surface area contributed by atoms with Crippen LogP contribution in [0, 0.1) is 10.6 Å². The molecule has 1 amide bonds. The number of nitrogens with one attached hydrogen (secondary N) is 2. The summed E-state index contributed by atoms with van der Waals surface area (Å²) in [5, 5.41) is 3.27. The maximum absolute atomic E-state index is 14.3. The van der Waals surface area contributed by atoms with Crippen LogP contribution < -0.4 is 10.9 Å². The number of amides is 1. The fourth-order valence-electron chi connectivity index (χ4n) is 3.82. The molecule has 0 saturated heterocycles. The standard InChI is InChI=1S/C27H27FN4O2S/c1-17(2)31(3)16-20-9-5-4-8-19(20)15-29-25(33)18-12-13-21-23(14-18)30-27(35)32(26(21)34)24-11-7-6-10-22(24)28/h4-14,17H,15-16H2,1-3H3,(H,29,33)(H,30,35). The second kappa shape index (κ2) is 10.3. The third-order valence-corrected chi connectivity index (χ3v) is 6.40. The second-order valence-corrected chi connectivity index (χ2v) is 9.13. The first-order valence-electron chi connectivity index (χ1n) is 11.4. The number of rotatable bonds is 7. The summed E-state index contributed by atoms with van der Waals surface area (Å²) in [5.74, 6) is -0.819. The van der Waals surface area contributed by atoms with Crippen LogP contribution in [0.15, 0.2) is 71.5 Å². The van der Waals surface area contributed by atoms with E-state index in [1.54, 1.807) is 30.3 Å². The zero-order valence-corrected chi connectivity index (χ0v) is 20.7. The van der Waals surface area contributed by atoms with Crippen molar-refractivity contribution in [3.05, 3.63) is 104 Å². The molecule has 0 bridgehead atoms. The lowest BCUT2D eigenvalue weighted by Gasteiger charge is -2.22. The average molecular weight is 491 g/mol. The van der Waals surface area contributed by atoms with E-state index in [2.05, 4.69) is 42.2 Å². The molecule has 0 unspecified atom stereocenters. The topological polar surface area (TPSA) is 70.1 Å². The Hall–Kier alpha value is -3.62. The van der Waals surface area contributed by atoms with Crippen LogP contribution in [0.5, 0.6) is 0 Å². The number of aromatic nitrogens is 2. The van der Waals surface area contributed by atoms with Crippen molar-refractivity contribution in [2.45, 2.75) is 33.0 Å². The Bertz CT molecular complexity index is 1510. The minimum absolute atomic E-state index is 0.0494. The SMILES string of the molecule is CC(C)N(C)Cc1ccccc1CNC(=O)c1ccc2c(=O)n(-c3ccccc3F)c(=S)[nH]c2c1. The van der Waals surface area contributed by atoms with E-state index in [0.29, 0.717) is 29.1 Å². The third-order valence-electron chi connectivity index (χ3n) is 6.11. The van der Waals surface area contributed by atoms with Gasteiger partial charge in [-0.15, -0.1) is 0 Å². The molecule has 4 aromatic rings. The van der Waals surface area contributed by atoms with Gasteiger partial charge in [0.1, 0.15) is 5.82 Å². The smallest absolute Gasteiger partial charge is 0.266 e. The summed E-state index contributed by atoms with van der Waals surface area (Å²) in [6.45, 7) is 5.44. The highest BCUT2D eigenvalue weighted by Crippen LogP contribution is 2.16. The van der Waals surface area contributed by atoms with Crippen molar-refractivity contribution >= 4 is 29.0 Å². The Labute approximate surface area is 208 Å². The fraction of sp³-hybridized carbons (Fsp3) is 0.222. The van der Waals surface area contributed by atoms with E-state index >= 15 is 0 Å². The van der Waals surface area contributed by atoms with Crippen LogP contribution in [0.3, 0.4) is 0 Å². The van der Waals surface area contributed by atoms with E-state index in [1.807, 2.05) is 18.2 Å². The van der Waals surface area contributed by atoms with Crippen LogP contribution in [-0.4, -0.2) is 33.4 Å². The molecule has 1 aromatic heterocycles. The fourth-order valence-corrected chi connectivity index (χ4v) is 4.12. The predicted molar refractivity (Wildman–Crippen MR) is 139 cm³/mol. The number of para-hydroxylation sites is 1. The summed E-state index contributed by atoms with van der Waals surface area (Å²) in [6.07, 6.45) is 0. The molecule has 35 heavy (non-hydrogen) atoms. The normalized spacial score (nSPS) is 11.4. The van der Waals surface area contributed by atoms with Gasteiger partial charge in [0.2, 0.25) is 0 Å². The lowest BCUT2D eigenvalue weighted by atomic mass is 10.1. The summed E-state index contributed by atoms with van der Waals surface area (Å²) < 4.78 is 15.5. The largest absolute Gasteiger partial charge is 0.348 e. The van der Waals surface area contributed by atoms with Crippen LogP contribution in [0.1, 0.15) is 35.3 Å².